The van der Waals surface area contributed by atoms with Crippen molar-refractivity contribution >= 4 is 33.0 Å². The number of benzene rings is 1. The average molecular weight is 347 g/mol. The number of halogens is 1. The fourth-order valence-corrected chi connectivity index (χ4v) is 4.17. The maximum Gasteiger partial charge on any atom is 0.240 e. The van der Waals surface area contributed by atoms with Crippen LogP contribution >= 0.6 is 22.9 Å². The molecule has 21 heavy (non-hydrogen) atoms. The van der Waals surface area contributed by atoms with Crippen molar-refractivity contribution in [3.63, 3.8) is 0 Å². The van der Waals surface area contributed by atoms with Crippen LogP contribution in [0.1, 0.15) is 16.1 Å². The van der Waals surface area contributed by atoms with Crippen molar-refractivity contribution in [2.45, 2.75) is 24.8 Å². The minimum Gasteiger partial charge on any atom is -0.392 e. The summed E-state index contributed by atoms with van der Waals surface area (Å²) in [6.45, 7) is 1.65. The Balaban J connectivity index is 2.17. The molecule has 1 aromatic carbocycles. The van der Waals surface area contributed by atoms with Crippen molar-refractivity contribution in [2.24, 2.45) is 0 Å². The van der Waals surface area contributed by atoms with Gasteiger partial charge in [-0.25, -0.2) is 18.1 Å². The molecule has 0 spiro atoms. The summed E-state index contributed by atoms with van der Waals surface area (Å²) in [5.74, 6) is 0. The van der Waals surface area contributed by atoms with E-state index in [4.69, 9.17) is 11.6 Å². The minimum atomic E-state index is -3.67. The van der Waals surface area contributed by atoms with Crippen LogP contribution in [-0.2, 0) is 23.1 Å². The maximum absolute atomic E-state index is 12.3. The highest BCUT2D eigenvalue weighted by Gasteiger charge is 2.19. The molecule has 0 unspecified atom stereocenters. The van der Waals surface area contributed by atoms with Crippen LogP contribution in [0.4, 0.5) is 0 Å². The lowest BCUT2D eigenvalue weighted by Crippen LogP contribution is -2.27. The molecule has 0 atom stereocenters. The Morgan fingerprint density at radius 3 is 2.81 bits per heavy atom. The van der Waals surface area contributed by atoms with Crippen molar-refractivity contribution in [3.05, 3.63) is 44.9 Å². The summed E-state index contributed by atoms with van der Waals surface area (Å²) in [7, 11) is -3.67. The Labute approximate surface area is 132 Å². The van der Waals surface area contributed by atoms with Crippen molar-refractivity contribution < 1.29 is 13.5 Å². The molecule has 114 valence electrons. The summed E-state index contributed by atoms with van der Waals surface area (Å²) < 4.78 is 27.2. The van der Waals surface area contributed by atoms with E-state index in [9.17, 15) is 13.5 Å². The van der Waals surface area contributed by atoms with Gasteiger partial charge in [-0.05, 0) is 30.2 Å². The van der Waals surface area contributed by atoms with Crippen LogP contribution in [0.15, 0.2) is 28.6 Å². The number of sulfonamides is 1. The average Bonchev–Trinajstić information content (AvgIpc) is 2.93. The molecule has 2 N–H and O–H groups in total. The fourth-order valence-electron chi connectivity index (χ4n) is 1.90. The first-order valence-electron chi connectivity index (χ1n) is 6.22. The van der Waals surface area contributed by atoms with E-state index in [0.717, 1.165) is 5.01 Å². The number of nitrogens with one attached hydrogen (secondary N) is 1. The van der Waals surface area contributed by atoms with Crippen LogP contribution in [-0.4, -0.2) is 25.1 Å². The van der Waals surface area contributed by atoms with Gasteiger partial charge in [0.1, 0.15) is 0 Å². The van der Waals surface area contributed by atoms with Gasteiger partial charge in [-0.15, -0.1) is 11.3 Å². The number of thiazole rings is 1. The van der Waals surface area contributed by atoms with Crippen LogP contribution in [0.3, 0.4) is 0 Å². The molecule has 0 amide bonds. The predicted molar refractivity (Wildman–Crippen MR) is 83.1 cm³/mol. The zero-order valence-electron chi connectivity index (χ0n) is 11.3. The molecular formula is C13H15ClN2O3S2. The van der Waals surface area contributed by atoms with Gasteiger partial charge in [-0.3, -0.25) is 0 Å². The largest absolute Gasteiger partial charge is 0.392 e. The first-order chi connectivity index (χ1) is 9.94. The highest BCUT2D eigenvalue weighted by atomic mass is 35.5. The summed E-state index contributed by atoms with van der Waals surface area (Å²) in [5.41, 5.74) is 1.01. The van der Waals surface area contributed by atoms with Gasteiger partial charge in [0.25, 0.3) is 0 Å². The standard InChI is InChI=1S/C13H15ClN2O3S2/c1-9-10(8-17)6-11(14)7-12(9)21(18,19)16-3-2-13-15-4-5-20-13/h4-7,16-17H,2-3,8H2,1H3. The van der Waals surface area contributed by atoms with Gasteiger partial charge >= 0.3 is 0 Å². The van der Waals surface area contributed by atoms with E-state index in [1.807, 2.05) is 5.38 Å². The van der Waals surface area contributed by atoms with Crippen LogP contribution in [0, 0.1) is 6.92 Å². The molecule has 0 radical (unpaired) electrons. The van der Waals surface area contributed by atoms with Crippen molar-refractivity contribution in [3.8, 4) is 0 Å². The molecular weight excluding hydrogens is 332 g/mol. The molecule has 1 heterocycles. The molecule has 0 fully saturated rings. The number of aromatic nitrogens is 1. The first-order valence-corrected chi connectivity index (χ1v) is 8.96. The molecule has 1 aromatic heterocycles. The molecule has 0 saturated carbocycles. The third-order valence-electron chi connectivity index (χ3n) is 3.01. The van der Waals surface area contributed by atoms with E-state index in [2.05, 4.69) is 9.71 Å². The third-order valence-corrected chi connectivity index (χ3v) is 5.65. The lowest BCUT2D eigenvalue weighted by molar-refractivity contribution is 0.280. The van der Waals surface area contributed by atoms with Crippen LogP contribution in [0.2, 0.25) is 5.02 Å². The van der Waals surface area contributed by atoms with Crippen molar-refractivity contribution in [1.82, 2.24) is 9.71 Å². The van der Waals surface area contributed by atoms with Gasteiger partial charge in [0.15, 0.2) is 0 Å². The van der Waals surface area contributed by atoms with Gasteiger partial charge in [0.2, 0.25) is 10.0 Å². The SMILES string of the molecule is Cc1c(CO)cc(Cl)cc1S(=O)(=O)NCCc1nccs1. The van der Waals surface area contributed by atoms with Crippen LogP contribution < -0.4 is 4.72 Å². The quantitative estimate of drug-likeness (QED) is 0.839. The lowest BCUT2D eigenvalue weighted by atomic mass is 10.1. The van der Waals surface area contributed by atoms with Crippen molar-refractivity contribution in [2.75, 3.05) is 6.54 Å². The summed E-state index contributed by atoms with van der Waals surface area (Å²) in [6.07, 6.45) is 2.21. The van der Waals surface area contributed by atoms with Gasteiger partial charge in [0.05, 0.1) is 16.5 Å². The highest BCUT2D eigenvalue weighted by Crippen LogP contribution is 2.24. The molecule has 2 rings (SSSR count). The monoisotopic (exact) mass is 346 g/mol. The summed E-state index contributed by atoms with van der Waals surface area (Å²) >= 11 is 7.39. The van der Waals surface area contributed by atoms with E-state index in [-0.39, 0.29) is 23.1 Å². The van der Waals surface area contributed by atoms with Gasteiger partial charge in [-0.1, -0.05) is 11.6 Å². The number of nitrogens with zero attached hydrogens (tertiary/aromatic N) is 1. The minimum absolute atomic E-state index is 0.0955. The van der Waals surface area contributed by atoms with E-state index < -0.39 is 10.0 Å². The molecule has 0 aliphatic rings. The summed E-state index contributed by atoms with van der Waals surface area (Å²) in [4.78, 5) is 4.19. The fraction of sp³-hybridized carbons (Fsp3) is 0.308. The molecule has 0 saturated heterocycles. The second-order valence-corrected chi connectivity index (χ2v) is 7.57. The Bertz CT molecular complexity index is 715. The lowest BCUT2D eigenvalue weighted by Gasteiger charge is -2.12. The summed E-state index contributed by atoms with van der Waals surface area (Å²) in [6, 6.07) is 2.95. The van der Waals surface area contributed by atoms with E-state index in [0.29, 0.717) is 17.5 Å². The molecule has 0 aliphatic carbocycles. The Morgan fingerprint density at radius 2 is 2.19 bits per heavy atom. The number of hydrogen-bond donors (Lipinski definition) is 2. The van der Waals surface area contributed by atoms with Gasteiger partial charge in [0, 0.05) is 29.6 Å². The zero-order valence-corrected chi connectivity index (χ0v) is 13.7. The first kappa shape index (κ1) is 16.4. The topological polar surface area (TPSA) is 79.3 Å². The van der Waals surface area contributed by atoms with Crippen molar-refractivity contribution in [1.29, 1.82) is 0 Å². The molecule has 0 aliphatic heterocycles. The highest BCUT2D eigenvalue weighted by molar-refractivity contribution is 7.89. The van der Waals surface area contributed by atoms with Gasteiger partial charge < -0.3 is 5.11 Å². The number of aliphatic hydroxyl groups is 1. The Morgan fingerprint density at radius 1 is 1.43 bits per heavy atom. The molecule has 2 aromatic rings. The second kappa shape index (κ2) is 6.85. The predicted octanol–water partition coefficient (Wildman–Crippen LogP) is 2.12. The van der Waals surface area contributed by atoms with E-state index >= 15 is 0 Å². The molecule has 5 nitrogen and oxygen atoms in total. The number of hydrogen-bond acceptors (Lipinski definition) is 5. The number of aliphatic hydroxyl groups excluding tert-OH is 1. The Kier molecular flexibility index (Phi) is 5.34. The number of rotatable bonds is 6. The second-order valence-electron chi connectivity index (χ2n) is 4.42. The third kappa shape index (κ3) is 4.02. The smallest absolute Gasteiger partial charge is 0.240 e. The Hall–Kier alpha value is -0.990. The van der Waals surface area contributed by atoms with Crippen LogP contribution in [0.5, 0.6) is 0 Å². The van der Waals surface area contributed by atoms with E-state index in [1.165, 1.54) is 17.4 Å². The maximum atomic E-state index is 12.3. The van der Waals surface area contributed by atoms with E-state index in [1.54, 1.807) is 19.2 Å². The van der Waals surface area contributed by atoms with Crippen LogP contribution in [0.25, 0.3) is 0 Å². The normalized spacial score (nSPS) is 11.8. The van der Waals surface area contributed by atoms with Gasteiger partial charge in [-0.2, -0.15) is 0 Å². The molecule has 8 heteroatoms. The molecule has 0 bridgehead atoms. The summed E-state index contributed by atoms with van der Waals surface area (Å²) in [5, 5.41) is 12.3. The zero-order chi connectivity index (χ0) is 15.5.